The minimum absolute atomic E-state index is 0.184. The average Bonchev–Trinajstić information content (AvgIpc) is 2.85. The van der Waals surface area contributed by atoms with Crippen LogP contribution in [0.2, 0.25) is 0 Å². The molecular formula is C13H16N2O2. The average molecular weight is 232 g/mol. The molecule has 2 aromatic rings. The largest absolute Gasteiger partial charge is 0.472 e. The van der Waals surface area contributed by atoms with Gasteiger partial charge < -0.3 is 20.6 Å². The van der Waals surface area contributed by atoms with Gasteiger partial charge in [0.25, 0.3) is 0 Å². The van der Waals surface area contributed by atoms with Gasteiger partial charge in [-0.05, 0) is 30.7 Å². The molecule has 1 aromatic carbocycles. The molecule has 17 heavy (non-hydrogen) atoms. The van der Waals surface area contributed by atoms with Crippen LogP contribution in [-0.2, 0) is 0 Å². The fraction of sp³-hybridized carbons (Fsp3) is 0.231. The van der Waals surface area contributed by atoms with Crippen molar-refractivity contribution in [2.24, 2.45) is 0 Å². The van der Waals surface area contributed by atoms with Gasteiger partial charge in [0.1, 0.15) is 0 Å². The quantitative estimate of drug-likeness (QED) is 0.546. The van der Waals surface area contributed by atoms with Gasteiger partial charge in [0.2, 0.25) is 0 Å². The predicted molar refractivity (Wildman–Crippen MR) is 68.7 cm³/mol. The molecule has 0 aliphatic rings. The van der Waals surface area contributed by atoms with Gasteiger partial charge in [-0.2, -0.15) is 0 Å². The highest BCUT2D eigenvalue weighted by Gasteiger charge is 2.06. The zero-order valence-electron chi connectivity index (χ0n) is 9.52. The van der Waals surface area contributed by atoms with Gasteiger partial charge in [-0.15, -0.1) is 0 Å². The minimum Gasteiger partial charge on any atom is -0.472 e. The highest BCUT2D eigenvalue weighted by Crippen LogP contribution is 2.30. The molecule has 4 nitrogen and oxygen atoms in total. The van der Waals surface area contributed by atoms with Gasteiger partial charge in [0.05, 0.1) is 12.5 Å². The SMILES string of the molecule is Nc1ccc(NCCCO)c(-c2ccoc2)c1. The van der Waals surface area contributed by atoms with Crippen molar-refractivity contribution >= 4 is 11.4 Å². The van der Waals surface area contributed by atoms with Crippen LogP contribution in [0.5, 0.6) is 0 Å². The van der Waals surface area contributed by atoms with Crippen LogP contribution < -0.4 is 11.1 Å². The highest BCUT2D eigenvalue weighted by molar-refractivity contribution is 5.80. The number of nitrogens with one attached hydrogen (secondary N) is 1. The van der Waals surface area contributed by atoms with E-state index in [0.29, 0.717) is 5.69 Å². The number of rotatable bonds is 5. The third kappa shape index (κ3) is 2.79. The molecule has 4 N–H and O–H groups in total. The molecule has 1 heterocycles. The molecule has 4 heteroatoms. The van der Waals surface area contributed by atoms with Crippen molar-refractivity contribution in [2.45, 2.75) is 6.42 Å². The summed E-state index contributed by atoms with van der Waals surface area (Å²) in [4.78, 5) is 0. The van der Waals surface area contributed by atoms with Gasteiger partial charge in [0.15, 0.2) is 0 Å². The third-order valence-electron chi connectivity index (χ3n) is 2.53. The Labute approximate surface area is 100 Å². The molecule has 0 aliphatic carbocycles. The lowest BCUT2D eigenvalue weighted by Gasteiger charge is -2.11. The van der Waals surface area contributed by atoms with E-state index in [9.17, 15) is 0 Å². The number of nitrogen functional groups attached to an aromatic ring is 1. The molecule has 0 radical (unpaired) electrons. The summed E-state index contributed by atoms with van der Waals surface area (Å²) in [5.41, 5.74) is 9.50. The zero-order chi connectivity index (χ0) is 12.1. The van der Waals surface area contributed by atoms with Gasteiger partial charge in [-0.3, -0.25) is 0 Å². The van der Waals surface area contributed by atoms with Crippen molar-refractivity contribution in [3.05, 3.63) is 36.8 Å². The Morgan fingerprint density at radius 1 is 1.29 bits per heavy atom. The van der Waals surface area contributed by atoms with Crippen molar-refractivity contribution in [3.8, 4) is 11.1 Å². The van der Waals surface area contributed by atoms with Crippen molar-refractivity contribution in [3.63, 3.8) is 0 Å². The monoisotopic (exact) mass is 232 g/mol. The summed E-state index contributed by atoms with van der Waals surface area (Å²) in [5, 5.41) is 12.0. The van der Waals surface area contributed by atoms with Crippen molar-refractivity contribution in [1.29, 1.82) is 0 Å². The third-order valence-corrected chi connectivity index (χ3v) is 2.53. The van der Waals surface area contributed by atoms with E-state index in [1.807, 2.05) is 24.3 Å². The number of hydrogen-bond donors (Lipinski definition) is 3. The van der Waals surface area contributed by atoms with Crippen LogP contribution in [0.1, 0.15) is 6.42 Å². The van der Waals surface area contributed by atoms with Crippen LogP contribution in [0.15, 0.2) is 41.2 Å². The molecular weight excluding hydrogens is 216 g/mol. The lowest BCUT2D eigenvalue weighted by molar-refractivity contribution is 0.292. The maximum atomic E-state index is 8.77. The van der Waals surface area contributed by atoms with E-state index >= 15 is 0 Å². The molecule has 1 aromatic heterocycles. The molecule has 0 aliphatic heterocycles. The Bertz CT molecular complexity index is 466. The lowest BCUT2D eigenvalue weighted by atomic mass is 10.1. The number of aliphatic hydroxyl groups excluding tert-OH is 1. The van der Waals surface area contributed by atoms with E-state index in [0.717, 1.165) is 29.8 Å². The van der Waals surface area contributed by atoms with E-state index in [4.69, 9.17) is 15.3 Å². The van der Waals surface area contributed by atoms with Gasteiger partial charge in [0, 0.05) is 35.7 Å². The number of aliphatic hydroxyl groups is 1. The van der Waals surface area contributed by atoms with Gasteiger partial charge in [-0.25, -0.2) is 0 Å². The number of anilines is 2. The summed E-state index contributed by atoms with van der Waals surface area (Å²) in [6.45, 7) is 0.911. The first-order chi connectivity index (χ1) is 8.31. The van der Waals surface area contributed by atoms with Crippen LogP contribution >= 0.6 is 0 Å². The van der Waals surface area contributed by atoms with Gasteiger partial charge >= 0.3 is 0 Å². The standard InChI is InChI=1S/C13H16N2O2/c14-11-2-3-13(15-5-1-6-16)12(8-11)10-4-7-17-9-10/h2-4,7-9,15-16H,1,5-6,14H2. The minimum atomic E-state index is 0.184. The topological polar surface area (TPSA) is 71.4 Å². The lowest BCUT2D eigenvalue weighted by Crippen LogP contribution is -2.04. The molecule has 0 unspecified atom stereocenters. The Morgan fingerprint density at radius 2 is 2.18 bits per heavy atom. The second-order valence-corrected chi connectivity index (χ2v) is 3.82. The maximum Gasteiger partial charge on any atom is 0.0981 e. The Kier molecular flexibility index (Phi) is 3.67. The Balaban J connectivity index is 2.25. The smallest absolute Gasteiger partial charge is 0.0981 e. The van der Waals surface area contributed by atoms with Crippen molar-refractivity contribution in [2.75, 3.05) is 24.2 Å². The first-order valence-electron chi connectivity index (χ1n) is 5.58. The van der Waals surface area contributed by atoms with Crippen molar-refractivity contribution in [1.82, 2.24) is 0 Å². The summed E-state index contributed by atoms with van der Waals surface area (Å²) in [7, 11) is 0. The second kappa shape index (κ2) is 5.41. The van der Waals surface area contributed by atoms with E-state index in [2.05, 4.69) is 5.32 Å². The normalized spacial score (nSPS) is 10.4. The number of nitrogens with two attached hydrogens (primary N) is 1. The molecule has 2 rings (SSSR count). The second-order valence-electron chi connectivity index (χ2n) is 3.82. The molecule has 0 atom stereocenters. The first kappa shape index (κ1) is 11.5. The molecule has 0 spiro atoms. The summed E-state index contributed by atoms with van der Waals surface area (Å²) in [6, 6.07) is 7.60. The maximum absolute atomic E-state index is 8.77. The molecule has 90 valence electrons. The zero-order valence-corrected chi connectivity index (χ0v) is 9.52. The molecule has 0 amide bonds. The van der Waals surface area contributed by atoms with Crippen LogP contribution in [0.25, 0.3) is 11.1 Å². The predicted octanol–water partition coefficient (Wildman–Crippen LogP) is 2.32. The highest BCUT2D eigenvalue weighted by atomic mass is 16.3. The van der Waals surface area contributed by atoms with Crippen LogP contribution in [0, 0.1) is 0 Å². The molecule has 0 fully saturated rings. The molecule has 0 bridgehead atoms. The number of furan rings is 1. The van der Waals surface area contributed by atoms with E-state index < -0.39 is 0 Å². The Morgan fingerprint density at radius 3 is 2.88 bits per heavy atom. The number of hydrogen-bond acceptors (Lipinski definition) is 4. The summed E-state index contributed by atoms with van der Waals surface area (Å²) in [5.74, 6) is 0. The number of benzene rings is 1. The van der Waals surface area contributed by atoms with Crippen LogP contribution in [0.4, 0.5) is 11.4 Å². The fourth-order valence-corrected chi connectivity index (χ4v) is 1.67. The van der Waals surface area contributed by atoms with Crippen molar-refractivity contribution < 1.29 is 9.52 Å². The molecule has 0 saturated carbocycles. The first-order valence-corrected chi connectivity index (χ1v) is 5.58. The molecule has 0 saturated heterocycles. The summed E-state index contributed by atoms with van der Waals surface area (Å²) >= 11 is 0. The van der Waals surface area contributed by atoms with E-state index in [1.165, 1.54) is 0 Å². The van der Waals surface area contributed by atoms with E-state index in [-0.39, 0.29) is 6.61 Å². The van der Waals surface area contributed by atoms with Gasteiger partial charge in [-0.1, -0.05) is 0 Å². The van der Waals surface area contributed by atoms with Crippen LogP contribution in [0.3, 0.4) is 0 Å². The van der Waals surface area contributed by atoms with E-state index in [1.54, 1.807) is 12.5 Å². The van der Waals surface area contributed by atoms with Crippen LogP contribution in [-0.4, -0.2) is 18.3 Å². The Hall–Kier alpha value is -1.94. The fourth-order valence-electron chi connectivity index (χ4n) is 1.67. The summed E-state index contributed by atoms with van der Waals surface area (Å²) < 4.78 is 5.08. The summed E-state index contributed by atoms with van der Waals surface area (Å²) in [6.07, 6.45) is 4.04.